The lowest BCUT2D eigenvalue weighted by molar-refractivity contribution is -0.123. The Morgan fingerprint density at radius 3 is 2.71 bits per heavy atom. The monoisotopic (exact) mass is 379 g/mol. The van der Waals surface area contributed by atoms with Crippen LogP contribution in [-0.2, 0) is 16.1 Å². The van der Waals surface area contributed by atoms with Gasteiger partial charge < -0.3 is 0 Å². The number of halogens is 1. The average molecular weight is 380 g/mol. The molecular weight excluding hydrogens is 370 g/mol. The van der Waals surface area contributed by atoms with Crippen molar-refractivity contribution in [1.29, 1.82) is 0 Å². The first-order chi connectivity index (χ1) is 11.5. The molecule has 1 saturated heterocycles. The third-order valence-corrected chi connectivity index (χ3v) is 4.90. The van der Waals surface area contributed by atoms with E-state index in [1.54, 1.807) is 35.8 Å². The van der Waals surface area contributed by atoms with Crippen LogP contribution in [0.2, 0.25) is 5.02 Å². The van der Waals surface area contributed by atoms with Crippen LogP contribution in [0.1, 0.15) is 5.56 Å². The maximum atomic E-state index is 12.3. The molecule has 0 saturated carbocycles. The third kappa shape index (κ3) is 3.84. The van der Waals surface area contributed by atoms with Crippen LogP contribution in [0.3, 0.4) is 0 Å². The first-order valence-corrected chi connectivity index (χ1v) is 8.80. The standard InChI is InChI=1S/C15H10ClN3O3S2/c16-10-3-1-9(2-4-10)8-19-13(21)11(24-15(19)22)7-12(20)18-14-17-5-6-23-14/h1-7H,8H2,(H,17,18,20)/b11-7-. The highest BCUT2D eigenvalue weighted by molar-refractivity contribution is 8.18. The molecule has 1 aliphatic rings. The van der Waals surface area contributed by atoms with Gasteiger partial charge in [-0.15, -0.1) is 11.3 Å². The van der Waals surface area contributed by atoms with Crippen molar-refractivity contribution < 1.29 is 14.4 Å². The van der Waals surface area contributed by atoms with Crippen molar-refractivity contribution in [2.45, 2.75) is 6.54 Å². The van der Waals surface area contributed by atoms with Gasteiger partial charge in [0, 0.05) is 22.7 Å². The van der Waals surface area contributed by atoms with Gasteiger partial charge in [-0.2, -0.15) is 0 Å². The van der Waals surface area contributed by atoms with Crippen LogP contribution in [0.5, 0.6) is 0 Å². The molecule has 0 unspecified atom stereocenters. The first kappa shape index (κ1) is 16.7. The number of carbonyl (C=O) groups excluding carboxylic acids is 3. The second kappa shape index (κ2) is 7.16. The van der Waals surface area contributed by atoms with E-state index in [-0.39, 0.29) is 11.4 Å². The maximum Gasteiger partial charge on any atom is 0.293 e. The van der Waals surface area contributed by atoms with Crippen molar-refractivity contribution in [2.75, 3.05) is 5.32 Å². The number of hydrogen-bond acceptors (Lipinski definition) is 6. The summed E-state index contributed by atoms with van der Waals surface area (Å²) in [6, 6.07) is 6.86. The highest BCUT2D eigenvalue weighted by atomic mass is 35.5. The number of thiazole rings is 1. The Labute approximate surface area is 150 Å². The number of benzene rings is 1. The molecule has 1 aromatic carbocycles. The van der Waals surface area contributed by atoms with E-state index in [0.717, 1.165) is 28.3 Å². The van der Waals surface area contributed by atoms with Crippen molar-refractivity contribution in [3.63, 3.8) is 0 Å². The number of rotatable bonds is 4. The van der Waals surface area contributed by atoms with E-state index in [2.05, 4.69) is 10.3 Å². The predicted molar refractivity (Wildman–Crippen MR) is 93.8 cm³/mol. The molecule has 1 aromatic heterocycles. The quantitative estimate of drug-likeness (QED) is 0.822. The van der Waals surface area contributed by atoms with Crippen molar-refractivity contribution in [3.05, 3.63) is 57.4 Å². The molecule has 24 heavy (non-hydrogen) atoms. The topological polar surface area (TPSA) is 79.4 Å². The molecule has 2 aromatic rings. The van der Waals surface area contributed by atoms with Gasteiger partial charge in [0.1, 0.15) is 0 Å². The summed E-state index contributed by atoms with van der Waals surface area (Å²) < 4.78 is 0. The van der Waals surface area contributed by atoms with Crippen LogP contribution < -0.4 is 5.32 Å². The molecule has 0 bridgehead atoms. The minimum absolute atomic E-state index is 0.0861. The maximum absolute atomic E-state index is 12.3. The Balaban J connectivity index is 1.70. The molecule has 1 N–H and O–H groups in total. The minimum Gasteiger partial charge on any atom is -0.298 e. The first-order valence-electron chi connectivity index (χ1n) is 6.73. The number of aromatic nitrogens is 1. The molecule has 122 valence electrons. The third-order valence-electron chi connectivity index (χ3n) is 3.05. The van der Waals surface area contributed by atoms with Crippen LogP contribution in [-0.4, -0.2) is 26.9 Å². The van der Waals surface area contributed by atoms with E-state index >= 15 is 0 Å². The number of nitrogens with zero attached hydrogens (tertiary/aromatic N) is 2. The minimum atomic E-state index is -0.498. The van der Waals surface area contributed by atoms with E-state index < -0.39 is 17.1 Å². The lowest BCUT2D eigenvalue weighted by Gasteiger charge is -2.12. The highest BCUT2D eigenvalue weighted by Crippen LogP contribution is 2.32. The molecule has 0 aliphatic carbocycles. The number of thioether (sulfide) groups is 1. The van der Waals surface area contributed by atoms with Gasteiger partial charge >= 0.3 is 0 Å². The zero-order chi connectivity index (χ0) is 17.1. The zero-order valence-corrected chi connectivity index (χ0v) is 14.5. The summed E-state index contributed by atoms with van der Waals surface area (Å²) in [7, 11) is 0. The lowest BCUT2D eigenvalue weighted by atomic mass is 10.2. The van der Waals surface area contributed by atoms with Crippen LogP contribution >= 0.6 is 34.7 Å². The summed E-state index contributed by atoms with van der Waals surface area (Å²) in [5.41, 5.74) is 0.773. The van der Waals surface area contributed by atoms with Crippen molar-refractivity contribution in [1.82, 2.24) is 9.88 Å². The summed E-state index contributed by atoms with van der Waals surface area (Å²) in [6.07, 6.45) is 2.68. The molecule has 1 aliphatic heterocycles. The predicted octanol–water partition coefficient (Wildman–Crippen LogP) is 3.51. The highest BCUT2D eigenvalue weighted by Gasteiger charge is 2.35. The fourth-order valence-electron chi connectivity index (χ4n) is 1.95. The van der Waals surface area contributed by atoms with Crippen LogP contribution in [0, 0.1) is 0 Å². The average Bonchev–Trinajstić information content (AvgIpc) is 3.13. The largest absolute Gasteiger partial charge is 0.298 e. The van der Waals surface area contributed by atoms with Gasteiger partial charge in [0.2, 0.25) is 0 Å². The molecule has 9 heteroatoms. The Morgan fingerprint density at radius 1 is 1.29 bits per heavy atom. The molecular formula is C15H10ClN3O3S2. The number of imide groups is 1. The fraction of sp³-hybridized carbons (Fsp3) is 0.0667. The molecule has 0 atom stereocenters. The van der Waals surface area contributed by atoms with Gasteiger partial charge in [0.05, 0.1) is 11.4 Å². The molecule has 3 amide bonds. The van der Waals surface area contributed by atoms with Crippen LogP contribution in [0.25, 0.3) is 0 Å². The van der Waals surface area contributed by atoms with Gasteiger partial charge in [-0.1, -0.05) is 23.7 Å². The normalized spacial score (nSPS) is 16.0. The van der Waals surface area contributed by atoms with Crippen LogP contribution in [0.4, 0.5) is 9.93 Å². The summed E-state index contributed by atoms with van der Waals surface area (Å²) in [6.45, 7) is 0.132. The Morgan fingerprint density at radius 2 is 2.04 bits per heavy atom. The van der Waals surface area contributed by atoms with Crippen molar-refractivity contribution >= 4 is 56.9 Å². The van der Waals surface area contributed by atoms with Crippen molar-refractivity contribution in [3.8, 4) is 0 Å². The van der Waals surface area contributed by atoms with Gasteiger partial charge in [-0.3, -0.25) is 24.6 Å². The number of carbonyl (C=O) groups is 3. The van der Waals surface area contributed by atoms with Crippen molar-refractivity contribution in [2.24, 2.45) is 0 Å². The second-order valence-electron chi connectivity index (χ2n) is 4.72. The number of anilines is 1. The molecule has 0 spiro atoms. The van der Waals surface area contributed by atoms with E-state index in [0.29, 0.717) is 10.2 Å². The summed E-state index contributed by atoms with van der Waals surface area (Å²) >= 11 is 7.82. The zero-order valence-electron chi connectivity index (χ0n) is 12.1. The Bertz CT molecular complexity index is 819. The molecule has 2 heterocycles. The lowest BCUT2D eigenvalue weighted by Crippen LogP contribution is -2.27. The van der Waals surface area contributed by atoms with Gasteiger partial charge in [0.15, 0.2) is 5.13 Å². The summed E-state index contributed by atoms with van der Waals surface area (Å²) in [5, 5.41) is 4.84. The molecule has 6 nitrogen and oxygen atoms in total. The van der Waals surface area contributed by atoms with E-state index in [1.807, 2.05) is 0 Å². The Hall–Kier alpha value is -2.16. The molecule has 3 rings (SSSR count). The fourth-order valence-corrected chi connectivity index (χ4v) is 3.42. The van der Waals surface area contributed by atoms with E-state index in [4.69, 9.17) is 11.6 Å². The molecule has 0 radical (unpaired) electrons. The van der Waals surface area contributed by atoms with E-state index in [9.17, 15) is 14.4 Å². The molecule has 1 fully saturated rings. The van der Waals surface area contributed by atoms with Crippen LogP contribution in [0.15, 0.2) is 46.8 Å². The Kier molecular flexibility index (Phi) is 4.98. The summed E-state index contributed by atoms with van der Waals surface area (Å²) in [4.78, 5) is 41.3. The second-order valence-corrected chi connectivity index (χ2v) is 7.05. The van der Waals surface area contributed by atoms with Gasteiger partial charge in [-0.25, -0.2) is 4.98 Å². The van der Waals surface area contributed by atoms with Gasteiger partial charge in [-0.05, 0) is 29.5 Å². The smallest absolute Gasteiger partial charge is 0.293 e. The number of nitrogens with one attached hydrogen (secondary N) is 1. The number of amides is 3. The number of hydrogen-bond donors (Lipinski definition) is 1. The summed E-state index contributed by atoms with van der Waals surface area (Å²) in [5.74, 6) is -0.990. The SMILES string of the molecule is O=C(/C=C1\SC(=O)N(Cc2ccc(Cl)cc2)C1=O)Nc1nccs1. The van der Waals surface area contributed by atoms with Gasteiger partial charge in [0.25, 0.3) is 17.1 Å². The van der Waals surface area contributed by atoms with E-state index in [1.165, 1.54) is 11.3 Å².